The highest BCUT2D eigenvalue weighted by molar-refractivity contribution is 5.76. The average Bonchev–Trinajstić information content (AvgIpc) is 2.68. The van der Waals surface area contributed by atoms with Crippen molar-refractivity contribution >= 4 is 11.0 Å². The third kappa shape index (κ3) is 2.18. The van der Waals surface area contributed by atoms with Crippen molar-refractivity contribution in [2.75, 3.05) is 6.61 Å². The van der Waals surface area contributed by atoms with E-state index in [-0.39, 0.29) is 12.6 Å². The van der Waals surface area contributed by atoms with Crippen LogP contribution in [0, 0.1) is 5.92 Å². The number of fused-ring (bicyclic) bond motifs is 1. The number of aliphatic hydroxyl groups excluding tert-OH is 1. The molecule has 2 aromatic rings. The summed E-state index contributed by atoms with van der Waals surface area (Å²) in [5, 5.41) is 9.15. The standard InChI is InChI=1S/C13H19N3O/c1-9(2)12(14)13-15-10-5-3-4-6-11(10)16(13)7-8-17/h3-6,9,12,17H,7-8,14H2,1-2H3/t12-/m0/s1. The summed E-state index contributed by atoms with van der Waals surface area (Å²) in [4.78, 5) is 4.58. The number of aliphatic hydroxyl groups is 1. The van der Waals surface area contributed by atoms with Gasteiger partial charge >= 0.3 is 0 Å². The highest BCUT2D eigenvalue weighted by Gasteiger charge is 2.18. The van der Waals surface area contributed by atoms with E-state index in [2.05, 4.69) is 18.8 Å². The first-order valence-corrected chi connectivity index (χ1v) is 5.96. The summed E-state index contributed by atoms with van der Waals surface area (Å²) >= 11 is 0. The number of nitrogens with zero attached hydrogens (tertiary/aromatic N) is 2. The lowest BCUT2D eigenvalue weighted by Gasteiger charge is -2.17. The van der Waals surface area contributed by atoms with Crippen LogP contribution in [0.25, 0.3) is 11.0 Å². The Balaban J connectivity index is 2.57. The van der Waals surface area contributed by atoms with E-state index in [9.17, 15) is 0 Å². The van der Waals surface area contributed by atoms with Gasteiger partial charge in [-0.1, -0.05) is 26.0 Å². The van der Waals surface area contributed by atoms with E-state index in [0.717, 1.165) is 16.9 Å². The minimum absolute atomic E-state index is 0.0954. The Bertz CT molecular complexity index is 504. The van der Waals surface area contributed by atoms with Gasteiger partial charge in [-0.3, -0.25) is 0 Å². The molecule has 17 heavy (non-hydrogen) atoms. The second-order valence-electron chi connectivity index (χ2n) is 4.60. The second-order valence-corrected chi connectivity index (χ2v) is 4.60. The number of aromatic nitrogens is 2. The van der Waals surface area contributed by atoms with Crippen molar-refractivity contribution in [3.05, 3.63) is 30.1 Å². The van der Waals surface area contributed by atoms with Gasteiger partial charge in [0.1, 0.15) is 5.82 Å². The molecule has 1 aromatic heterocycles. The van der Waals surface area contributed by atoms with Crippen molar-refractivity contribution in [1.29, 1.82) is 0 Å². The maximum absolute atomic E-state index is 9.15. The highest BCUT2D eigenvalue weighted by atomic mass is 16.3. The van der Waals surface area contributed by atoms with E-state index in [4.69, 9.17) is 10.8 Å². The van der Waals surface area contributed by atoms with Crippen molar-refractivity contribution in [1.82, 2.24) is 9.55 Å². The smallest absolute Gasteiger partial charge is 0.127 e. The van der Waals surface area contributed by atoms with Crippen LogP contribution in [0.2, 0.25) is 0 Å². The molecule has 0 saturated carbocycles. The molecule has 0 spiro atoms. The van der Waals surface area contributed by atoms with Crippen LogP contribution in [0.4, 0.5) is 0 Å². The zero-order chi connectivity index (χ0) is 12.4. The van der Waals surface area contributed by atoms with Crippen LogP contribution in [-0.2, 0) is 6.54 Å². The first kappa shape index (κ1) is 12.1. The van der Waals surface area contributed by atoms with Gasteiger partial charge in [0.05, 0.1) is 23.7 Å². The van der Waals surface area contributed by atoms with Crippen LogP contribution in [-0.4, -0.2) is 21.3 Å². The number of imidazole rings is 1. The van der Waals surface area contributed by atoms with E-state index in [1.165, 1.54) is 0 Å². The molecule has 0 aliphatic heterocycles. The molecular formula is C13H19N3O. The van der Waals surface area contributed by atoms with Gasteiger partial charge in [0, 0.05) is 6.54 Å². The van der Waals surface area contributed by atoms with Gasteiger partial charge in [-0.25, -0.2) is 4.98 Å². The monoisotopic (exact) mass is 233 g/mol. The molecule has 92 valence electrons. The van der Waals surface area contributed by atoms with Crippen molar-refractivity contribution in [2.24, 2.45) is 11.7 Å². The number of para-hydroxylation sites is 2. The van der Waals surface area contributed by atoms with Crippen molar-refractivity contribution in [3.63, 3.8) is 0 Å². The predicted octanol–water partition coefficient (Wildman–Crippen LogP) is 1.68. The normalized spacial score (nSPS) is 13.5. The number of nitrogens with two attached hydrogens (primary N) is 1. The molecule has 0 aliphatic rings. The van der Waals surface area contributed by atoms with Crippen molar-refractivity contribution in [2.45, 2.75) is 26.4 Å². The van der Waals surface area contributed by atoms with Crippen LogP contribution < -0.4 is 5.73 Å². The fraction of sp³-hybridized carbons (Fsp3) is 0.462. The van der Waals surface area contributed by atoms with Gasteiger partial charge < -0.3 is 15.4 Å². The fourth-order valence-electron chi connectivity index (χ4n) is 1.98. The van der Waals surface area contributed by atoms with Crippen LogP contribution in [0.15, 0.2) is 24.3 Å². The van der Waals surface area contributed by atoms with Crippen LogP contribution >= 0.6 is 0 Å². The molecule has 0 fully saturated rings. The molecule has 0 unspecified atom stereocenters. The number of rotatable bonds is 4. The van der Waals surface area contributed by atoms with Crippen molar-refractivity contribution < 1.29 is 5.11 Å². The maximum atomic E-state index is 9.15. The lowest BCUT2D eigenvalue weighted by atomic mass is 10.1. The van der Waals surface area contributed by atoms with E-state index in [0.29, 0.717) is 12.5 Å². The highest BCUT2D eigenvalue weighted by Crippen LogP contribution is 2.23. The topological polar surface area (TPSA) is 64.1 Å². The quantitative estimate of drug-likeness (QED) is 0.844. The Kier molecular flexibility index (Phi) is 3.45. The lowest BCUT2D eigenvalue weighted by Crippen LogP contribution is -2.22. The van der Waals surface area contributed by atoms with Crippen LogP contribution in [0.3, 0.4) is 0 Å². The molecule has 0 saturated heterocycles. The van der Waals surface area contributed by atoms with Gasteiger partial charge in [0.2, 0.25) is 0 Å². The molecule has 1 atom stereocenters. The van der Waals surface area contributed by atoms with Gasteiger partial charge in [-0.05, 0) is 18.1 Å². The zero-order valence-electron chi connectivity index (χ0n) is 10.3. The molecule has 4 heteroatoms. The lowest BCUT2D eigenvalue weighted by molar-refractivity contribution is 0.273. The SMILES string of the molecule is CC(C)[C@H](N)c1nc2ccccc2n1CCO. The first-order chi connectivity index (χ1) is 8.15. The van der Waals surface area contributed by atoms with Crippen LogP contribution in [0.5, 0.6) is 0 Å². The molecule has 0 aliphatic carbocycles. The molecule has 1 heterocycles. The van der Waals surface area contributed by atoms with Gasteiger partial charge in [0.25, 0.3) is 0 Å². The second kappa shape index (κ2) is 4.85. The Labute approximate surface area is 101 Å². The number of hydrogen-bond donors (Lipinski definition) is 2. The Morgan fingerprint density at radius 3 is 2.71 bits per heavy atom. The zero-order valence-corrected chi connectivity index (χ0v) is 10.3. The third-order valence-corrected chi connectivity index (χ3v) is 3.02. The molecule has 0 bridgehead atoms. The minimum atomic E-state index is -0.103. The van der Waals surface area contributed by atoms with Gasteiger partial charge in [0.15, 0.2) is 0 Å². The Hall–Kier alpha value is -1.39. The Morgan fingerprint density at radius 1 is 1.35 bits per heavy atom. The molecule has 2 rings (SSSR count). The fourth-order valence-corrected chi connectivity index (χ4v) is 1.98. The van der Waals surface area contributed by atoms with Crippen molar-refractivity contribution in [3.8, 4) is 0 Å². The van der Waals surface area contributed by atoms with E-state index in [1.54, 1.807) is 0 Å². The molecular weight excluding hydrogens is 214 g/mol. The summed E-state index contributed by atoms with van der Waals surface area (Å²) in [5.41, 5.74) is 8.14. The molecule has 1 aromatic carbocycles. The summed E-state index contributed by atoms with van der Waals surface area (Å²) in [6.07, 6.45) is 0. The first-order valence-electron chi connectivity index (χ1n) is 5.96. The number of hydrogen-bond acceptors (Lipinski definition) is 3. The number of benzene rings is 1. The van der Waals surface area contributed by atoms with Crippen LogP contribution in [0.1, 0.15) is 25.7 Å². The molecule has 0 radical (unpaired) electrons. The predicted molar refractivity (Wildman–Crippen MR) is 68.6 cm³/mol. The van der Waals surface area contributed by atoms with Gasteiger partial charge in [-0.15, -0.1) is 0 Å². The summed E-state index contributed by atoms with van der Waals surface area (Å²) in [7, 11) is 0. The molecule has 4 nitrogen and oxygen atoms in total. The van der Waals surface area contributed by atoms with E-state index >= 15 is 0 Å². The summed E-state index contributed by atoms with van der Waals surface area (Å²) < 4.78 is 2.01. The summed E-state index contributed by atoms with van der Waals surface area (Å²) in [6, 6.07) is 7.81. The van der Waals surface area contributed by atoms with Gasteiger partial charge in [-0.2, -0.15) is 0 Å². The maximum Gasteiger partial charge on any atom is 0.127 e. The largest absolute Gasteiger partial charge is 0.395 e. The average molecular weight is 233 g/mol. The third-order valence-electron chi connectivity index (χ3n) is 3.02. The molecule has 0 amide bonds. The molecule has 3 N–H and O–H groups in total. The van der Waals surface area contributed by atoms with E-state index < -0.39 is 0 Å². The Morgan fingerprint density at radius 2 is 2.06 bits per heavy atom. The van der Waals surface area contributed by atoms with E-state index in [1.807, 2.05) is 28.8 Å². The minimum Gasteiger partial charge on any atom is -0.395 e. The summed E-state index contributed by atoms with van der Waals surface area (Å²) in [5.74, 6) is 1.18. The summed E-state index contributed by atoms with van der Waals surface area (Å²) in [6.45, 7) is 4.79.